The van der Waals surface area contributed by atoms with Crippen molar-refractivity contribution in [2.75, 3.05) is 0 Å². The number of H-pyrrole nitrogens is 1. The summed E-state index contributed by atoms with van der Waals surface area (Å²) in [7, 11) is 0. The molecule has 4 nitrogen and oxygen atoms in total. The molecule has 1 aromatic heterocycles. The molecule has 2 aliphatic rings. The smallest absolute Gasteiger partial charge is 0.254 e. The average molecular weight is 402 g/mol. The Morgan fingerprint density at radius 1 is 0.800 bits per heavy atom. The van der Waals surface area contributed by atoms with Crippen molar-refractivity contribution in [1.29, 1.82) is 0 Å². The Labute approximate surface area is 178 Å². The zero-order chi connectivity index (χ0) is 20.3. The third kappa shape index (κ3) is 3.88. The Kier molecular flexibility index (Phi) is 5.56. The third-order valence-electron chi connectivity index (χ3n) is 6.97. The number of carbonyl (C=O) groups is 1. The molecular weight excluding hydrogens is 370 g/mol. The maximum atomic E-state index is 13.6. The van der Waals surface area contributed by atoms with Crippen molar-refractivity contribution >= 4 is 16.9 Å². The van der Waals surface area contributed by atoms with Crippen molar-refractivity contribution in [3.8, 4) is 11.4 Å². The number of benzene rings is 2. The van der Waals surface area contributed by atoms with Crippen LogP contribution in [0.3, 0.4) is 0 Å². The normalized spacial score (nSPS) is 18.5. The molecule has 4 heteroatoms. The van der Waals surface area contributed by atoms with Gasteiger partial charge in [-0.05, 0) is 49.9 Å². The fourth-order valence-electron chi connectivity index (χ4n) is 5.36. The van der Waals surface area contributed by atoms with Crippen molar-refractivity contribution in [3.63, 3.8) is 0 Å². The molecule has 0 aliphatic heterocycles. The van der Waals surface area contributed by atoms with E-state index in [1.54, 1.807) is 0 Å². The first-order chi connectivity index (χ1) is 14.8. The number of carbonyl (C=O) groups excluding carboxylic acids is 1. The van der Waals surface area contributed by atoms with E-state index in [0.29, 0.717) is 12.1 Å². The number of rotatable bonds is 4. The number of nitrogens with one attached hydrogen (secondary N) is 1. The molecule has 2 saturated carbocycles. The fraction of sp³-hybridized carbons (Fsp3) is 0.462. The number of para-hydroxylation sites is 2. The van der Waals surface area contributed by atoms with Crippen LogP contribution in [0.1, 0.15) is 74.6 Å². The second-order valence-electron chi connectivity index (χ2n) is 8.98. The molecule has 2 fully saturated rings. The van der Waals surface area contributed by atoms with Gasteiger partial charge in [-0.25, -0.2) is 4.98 Å². The van der Waals surface area contributed by atoms with Crippen LogP contribution in [0.25, 0.3) is 22.4 Å². The molecule has 0 spiro atoms. The van der Waals surface area contributed by atoms with Crippen LogP contribution >= 0.6 is 0 Å². The molecule has 2 aromatic carbocycles. The first-order valence-corrected chi connectivity index (χ1v) is 11.7. The molecule has 1 N–H and O–H groups in total. The first kappa shape index (κ1) is 19.3. The molecule has 0 bridgehead atoms. The quantitative estimate of drug-likeness (QED) is 0.555. The van der Waals surface area contributed by atoms with E-state index in [4.69, 9.17) is 0 Å². The standard InChI is InChI=1S/C26H31N3O/c30-26(29(21-9-3-1-4-10-21)22-11-5-2-6-12-22)20-17-15-19(16-18-20)25-27-23-13-7-8-14-24(23)28-25/h7-8,13-18,21-22H,1-6,9-12H2,(H,27,28). The zero-order valence-electron chi connectivity index (χ0n) is 17.6. The Morgan fingerprint density at radius 3 is 2.00 bits per heavy atom. The number of nitrogens with zero attached hydrogens (tertiary/aromatic N) is 2. The van der Waals surface area contributed by atoms with E-state index in [9.17, 15) is 4.79 Å². The molecule has 0 saturated heterocycles. The van der Waals surface area contributed by atoms with E-state index in [0.717, 1.165) is 28.0 Å². The number of imidazole rings is 1. The summed E-state index contributed by atoms with van der Waals surface area (Å²) < 4.78 is 0. The lowest BCUT2D eigenvalue weighted by molar-refractivity contribution is 0.0448. The molecule has 5 rings (SSSR count). The summed E-state index contributed by atoms with van der Waals surface area (Å²) in [5.41, 5.74) is 3.83. The van der Waals surface area contributed by atoms with E-state index < -0.39 is 0 Å². The first-order valence-electron chi connectivity index (χ1n) is 11.7. The Balaban J connectivity index is 1.40. The maximum absolute atomic E-state index is 13.6. The predicted molar refractivity (Wildman–Crippen MR) is 121 cm³/mol. The number of aromatic nitrogens is 2. The summed E-state index contributed by atoms with van der Waals surface area (Å²) in [6.07, 6.45) is 12.3. The van der Waals surface area contributed by atoms with Crippen molar-refractivity contribution in [2.24, 2.45) is 0 Å². The van der Waals surface area contributed by atoms with Gasteiger partial charge in [0.25, 0.3) is 5.91 Å². The zero-order valence-corrected chi connectivity index (χ0v) is 17.6. The number of hydrogen-bond acceptors (Lipinski definition) is 2. The van der Waals surface area contributed by atoms with Crippen LogP contribution in [0.2, 0.25) is 0 Å². The highest BCUT2D eigenvalue weighted by atomic mass is 16.2. The molecule has 1 amide bonds. The Hall–Kier alpha value is -2.62. The van der Waals surface area contributed by atoms with Gasteiger partial charge in [0.15, 0.2) is 0 Å². The van der Waals surface area contributed by atoms with Gasteiger partial charge >= 0.3 is 0 Å². The number of fused-ring (bicyclic) bond motifs is 1. The van der Waals surface area contributed by atoms with Gasteiger partial charge < -0.3 is 9.88 Å². The summed E-state index contributed by atoms with van der Waals surface area (Å²) in [5, 5.41) is 0. The molecule has 30 heavy (non-hydrogen) atoms. The number of amides is 1. The second-order valence-corrected chi connectivity index (χ2v) is 8.98. The minimum atomic E-state index is 0.227. The van der Waals surface area contributed by atoms with Gasteiger partial charge in [0.05, 0.1) is 11.0 Å². The van der Waals surface area contributed by atoms with E-state index >= 15 is 0 Å². The molecule has 156 valence electrons. The third-order valence-corrected chi connectivity index (χ3v) is 6.97. The van der Waals surface area contributed by atoms with Gasteiger partial charge in [-0.15, -0.1) is 0 Å². The van der Waals surface area contributed by atoms with E-state index in [1.807, 2.05) is 48.5 Å². The van der Waals surface area contributed by atoms with Gasteiger partial charge in [-0.2, -0.15) is 0 Å². The summed E-state index contributed by atoms with van der Waals surface area (Å²) in [5.74, 6) is 1.08. The minimum absolute atomic E-state index is 0.227. The highest BCUT2D eigenvalue weighted by Gasteiger charge is 2.32. The van der Waals surface area contributed by atoms with Crippen LogP contribution in [0.4, 0.5) is 0 Å². The van der Waals surface area contributed by atoms with Crippen molar-refractivity contribution < 1.29 is 4.79 Å². The van der Waals surface area contributed by atoms with Crippen molar-refractivity contribution in [1.82, 2.24) is 14.9 Å². The molecule has 0 atom stereocenters. The van der Waals surface area contributed by atoms with E-state index in [-0.39, 0.29) is 5.91 Å². The average Bonchev–Trinajstić information content (AvgIpc) is 3.25. The maximum Gasteiger partial charge on any atom is 0.254 e. The van der Waals surface area contributed by atoms with E-state index in [2.05, 4.69) is 14.9 Å². The number of hydrogen-bond donors (Lipinski definition) is 1. The Bertz CT molecular complexity index is 944. The topological polar surface area (TPSA) is 49.0 Å². The molecular formula is C26H31N3O. The SMILES string of the molecule is O=C(c1ccc(-c2nc3ccccc3[nH]2)cc1)N(C1CCCCC1)C1CCCCC1. The lowest BCUT2D eigenvalue weighted by Crippen LogP contribution is -2.48. The fourth-order valence-corrected chi connectivity index (χ4v) is 5.36. The van der Waals surface area contributed by atoms with Gasteiger partial charge in [0.2, 0.25) is 0 Å². The highest BCUT2D eigenvalue weighted by Crippen LogP contribution is 2.32. The highest BCUT2D eigenvalue weighted by molar-refractivity contribution is 5.95. The minimum Gasteiger partial charge on any atom is -0.338 e. The molecule has 3 aromatic rings. The van der Waals surface area contributed by atoms with Crippen LogP contribution in [0, 0.1) is 0 Å². The van der Waals surface area contributed by atoms with Gasteiger partial charge in [0.1, 0.15) is 5.82 Å². The second kappa shape index (κ2) is 8.63. The van der Waals surface area contributed by atoms with Crippen LogP contribution in [-0.4, -0.2) is 32.9 Å². The van der Waals surface area contributed by atoms with Gasteiger partial charge in [0, 0.05) is 23.2 Å². The monoisotopic (exact) mass is 401 g/mol. The lowest BCUT2D eigenvalue weighted by atomic mass is 9.88. The van der Waals surface area contributed by atoms with Crippen LogP contribution in [0.15, 0.2) is 48.5 Å². The van der Waals surface area contributed by atoms with Crippen LogP contribution in [-0.2, 0) is 0 Å². The molecule has 0 unspecified atom stereocenters. The predicted octanol–water partition coefficient (Wildman–Crippen LogP) is 6.34. The molecule has 0 radical (unpaired) electrons. The van der Waals surface area contributed by atoms with E-state index in [1.165, 1.54) is 64.2 Å². The lowest BCUT2D eigenvalue weighted by Gasteiger charge is -2.42. The summed E-state index contributed by atoms with van der Waals surface area (Å²) in [6.45, 7) is 0. The number of aromatic amines is 1. The summed E-state index contributed by atoms with van der Waals surface area (Å²) in [4.78, 5) is 24.0. The molecule has 1 heterocycles. The summed E-state index contributed by atoms with van der Waals surface area (Å²) in [6, 6.07) is 16.9. The van der Waals surface area contributed by atoms with Gasteiger partial charge in [-0.3, -0.25) is 4.79 Å². The van der Waals surface area contributed by atoms with Crippen molar-refractivity contribution in [3.05, 3.63) is 54.1 Å². The Morgan fingerprint density at radius 2 is 1.40 bits per heavy atom. The molecule has 2 aliphatic carbocycles. The van der Waals surface area contributed by atoms with Crippen LogP contribution in [0.5, 0.6) is 0 Å². The largest absolute Gasteiger partial charge is 0.338 e. The van der Waals surface area contributed by atoms with Crippen LogP contribution < -0.4 is 0 Å². The summed E-state index contributed by atoms with van der Waals surface area (Å²) >= 11 is 0. The van der Waals surface area contributed by atoms with Crippen molar-refractivity contribution in [2.45, 2.75) is 76.3 Å². The van der Waals surface area contributed by atoms with Gasteiger partial charge in [-0.1, -0.05) is 62.8 Å².